The second-order valence-electron chi connectivity index (χ2n) is 4.22. The maximum Gasteiger partial charge on any atom is 0.220 e. The molecule has 1 amide bonds. The van der Waals surface area contributed by atoms with E-state index in [4.69, 9.17) is 0 Å². The number of nitrogens with one attached hydrogen (secondary N) is 1. The molecule has 1 N–H and O–H groups in total. The summed E-state index contributed by atoms with van der Waals surface area (Å²) in [7, 11) is 0. The molecule has 0 radical (unpaired) electrons. The number of nitrogens with zero attached hydrogens (tertiary/aromatic N) is 1. The molecule has 0 unspecified atom stereocenters. The van der Waals surface area contributed by atoms with E-state index in [1.165, 1.54) is 5.56 Å². The van der Waals surface area contributed by atoms with Crippen molar-refractivity contribution in [2.45, 2.75) is 19.4 Å². The van der Waals surface area contributed by atoms with Gasteiger partial charge in [-0.2, -0.15) is 0 Å². The number of benzene rings is 1. The minimum Gasteiger partial charge on any atom is -0.355 e. The highest BCUT2D eigenvalue weighted by atomic mass is 16.1. The molecule has 1 aliphatic rings. The molecule has 1 aliphatic heterocycles. The molecular formula is C13H18N2O. The predicted octanol–water partition coefficient (Wildman–Crippen LogP) is 1.40. The fourth-order valence-corrected chi connectivity index (χ4v) is 2.02. The lowest BCUT2D eigenvalue weighted by Gasteiger charge is -2.24. The van der Waals surface area contributed by atoms with Crippen LogP contribution in [0.4, 0.5) is 0 Å². The topological polar surface area (TPSA) is 32.3 Å². The Labute approximate surface area is 96.5 Å². The van der Waals surface area contributed by atoms with Gasteiger partial charge in [0.2, 0.25) is 5.91 Å². The predicted molar refractivity (Wildman–Crippen MR) is 64.0 cm³/mol. The van der Waals surface area contributed by atoms with E-state index in [2.05, 4.69) is 34.5 Å². The summed E-state index contributed by atoms with van der Waals surface area (Å²) < 4.78 is 0. The molecule has 0 aliphatic carbocycles. The number of rotatable bonds is 2. The van der Waals surface area contributed by atoms with Gasteiger partial charge in [-0.15, -0.1) is 0 Å². The van der Waals surface area contributed by atoms with Crippen LogP contribution in [0.25, 0.3) is 0 Å². The van der Waals surface area contributed by atoms with E-state index in [9.17, 15) is 4.79 Å². The van der Waals surface area contributed by atoms with Crippen LogP contribution < -0.4 is 5.32 Å². The van der Waals surface area contributed by atoms with E-state index >= 15 is 0 Å². The molecule has 0 spiro atoms. The third-order valence-electron chi connectivity index (χ3n) is 2.88. The second kappa shape index (κ2) is 5.66. The third kappa shape index (κ3) is 3.35. The normalized spacial score (nSPS) is 18.6. The molecule has 0 bridgehead atoms. The van der Waals surface area contributed by atoms with Gasteiger partial charge in [-0.1, -0.05) is 30.3 Å². The zero-order chi connectivity index (χ0) is 11.2. The van der Waals surface area contributed by atoms with Gasteiger partial charge in [-0.25, -0.2) is 0 Å². The van der Waals surface area contributed by atoms with Gasteiger partial charge in [-0.3, -0.25) is 9.69 Å². The zero-order valence-electron chi connectivity index (χ0n) is 9.48. The Balaban J connectivity index is 1.87. The Morgan fingerprint density at radius 3 is 2.81 bits per heavy atom. The summed E-state index contributed by atoms with van der Waals surface area (Å²) in [5.74, 6) is 0.194. The number of carbonyl (C=O) groups excluding carboxylic acids is 1. The fraction of sp³-hybridized carbons (Fsp3) is 0.462. The van der Waals surface area contributed by atoms with Crippen molar-refractivity contribution in [1.82, 2.24) is 10.2 Å². The maximum absolute atomic E-state index is 11.2. The molecule has 3 heteroatoms. The molecule has 3 nitrogen and oxygen atoms in total. The molecule has 1 aromatic rings. The first-order valence-electron chi connectivity index (χ1n) is 5.87. The largest absolute Gasteiger partial charge is 0.355 e. The van der Waals surface area contributed by atoms with Gasteiger partial charge in [-0.05, 0) is 18.5 Å². The summed E-state index contributed by atoms with van der Waals surface area (Å²) in [6.45, 7) is 3.71. The fourth-order valence-electron chi connectivity index (χ4n) is 2.02. The standard InChI is InChI=1S/C13H18N2O/c16-13-7-4-9-15(10-8-14-13)11-12-5-2-1-3-6-12/h1-3,5-6H,4,7-11H2,(H,14,16). The molecule has 16 heavy (non-hydrogen) atoms. The van der Waals surface area contributed by atoms with Crippen molar-refractivity contribution < 1.29 is 4.79 Å². The van der Waals surface area contributed by atoms with Gasteiger partial charge in [0.15, 0.2) is 0 Å². The SMILES string of the molecule is O=C1CCCN(Cc2ccccc2)CCN1. The Hall–Kier alpha value is -1.35. The van der Waals surface area contributed by atoms with Crippen LogP contribution in [0, 0.1) is 0 Å². The summed E-state index contributed by atoms with van der Waals surface area (Å²) >= 11 is 0. The van der Waals surface area contributed by atoms with Crippen molar-refractivity contribution in [1.29, 1.82) is 0 Å². The third-order valence-corrected chi connectivity index (χ3v) is 2.88. The van der Waals surface area contributed by atoms with Crippen molar-refractivity contribution in [3.8, 4) is 0 Å². The van der Waals surface area contributed by atoms with Crippen LogP contribution >= 0.6 is 0 Å². The quantitative estimate of drug-likeness (QED) is 0.813. The molecular weight excluding hydrogens is 200 g/mol. The van der Waals surface area contributed by atoms with Gasteiger partial charge in [0.25, 0.3) is 0 Å². The van der Waals surface area contributed by atoms with Crippen molar-refractivity contribution in [3.63, 3.8) is 0 Å². The number of amides is 1. The number of hydrogen-bond donors (Lipinski definition) is 1. The lowest BCUT2D eigenvalue weighted by molar-refractivity contribution is -0.121. The average Bonchev–Trinajstić information content (AvgIpc) is 2.27. The first-order valence-corrected chi connectivity index (χ1v) is 5.87. The molecule has 86 valence electrons. The Morgan fingerprint density at radius 2 is 2.00 bits per heavy atom. The highest BCUT2D eigenvalue weighted by molar-refractivity contribution is 5.75. The molecule has 1 fully saturated rings. The monoisotopic (exact) mass is 218 g/mol. The van der Waals surface area contributed by atoms with Crippen molar-refractivity contribution >= 4 is 5.91 Å². The van der Waals surface area contributed by atoms with E-state index in [0.29, 0.717) is 6.42 Å². The van der Waals surface area contributed by atoms with Crippen LogP contribution in [0.1, 0.15) is 18.4 Å². The zero-order valence-corrected chi connectivity index (χ0v) is 9.48. The van der Waals surface area contributed by atoms with Crippen LogP contribution in [0.15, 0.2) is 30.3 Å². The van der Waals surface area contributed by atoms with E-state index in [1.807, 2.05) is 6.07 Å². The molecule has 0 saturated carbocycles. The van der Waals surface area contributed by atoms with Crippen molar-refractivity contribution in [2.24, 2.45) is 0 Å². The van der Waals surface area contributed by atoms with Crippen LogP contribution in [-0.2, 0) is 11.3 Å². The molecule has 0 atom stereocenters. The Bertz CT molecular complexity index is 325. The van der Waals surface area contributed by atoms with Crippen LogP contribution in [0.3, 0.4) is 0 Å². The maximum atomic E-state index is 11.2. The first kappa shape index (κ1) is 11.1. The van der Waals surface area contributed by atoms with Crippen molar-refractivity contribution in [3.05, 3.63) is 35.9 Å². The molecule has 1 saturated heterocycles. The Morgan fingerprint density at radius 1 is 1.19 bits per heavy atom. The number of carbonyl (C=O) groups is 1. The van der Waals surface area contributed by atoms with Gasteiger partial charge in [0.1, 0.15) is 0 Å². The van der Waals surface area contributed by atoms with E-state index < -0.39 is 0 Å². The van der Waals surface area contributed by atoms with Crippen molar-refractivity contribution in [2.75, 3.05) is 19.6 Å². The molecule has 2 rings (SSSR count). The summed E-state index contributed by atoms with van der Waals surface area (Å²) in [5.41, 5.74) is 1.34. The number of hydrogen-bond acceptors (Lipinski definition) is 2. The summed E-state index contributed by atoms with van der Waals surface area (Å²) in [5, 5.41) is 2.92. The highest BCUT2D eigenvalue weighted by Crippen LogP contribution is 2.06. The van der Waals surface area contributed by atoms with Gasteiger partial charge < -0.3 is 5.32 Å². The summed E-state index contributed by atoms with van der Waals surface area (Å²) in [6, 6.07) is 10.5. The van der Waals surface area contributed by atoms with Crippen LogP contribution in [0.5, 0.6) is 0 Å². The highest BCUT2D eigenvalue weighted by Gasteiger charge is 2.11. The first-order chi connectivity index (χ1) is 7.84. The van der Waals surface area contributed by atoms with E-state index in [0.717, 1.165) is 32.6 Å². The lowest BCUT2D eigenvalue weighted by atomic mass is 10.2. The van der Waals surface area contributed by atoms with E-state index in [1.54, 1.807) is 0 Å². The average molecular weight is 218 g/mol. The van der Waals surface area contributed by atoms with Crippen LogP contribution in [0.2, 0.25) is 0 Å². The molecule has 0 aromatic heterocycles. The van der Waals surface area contributed by atoms with Gasteiger partial charge >= 0.3 is 0 Å². The molecule has 1 aromatic carbocycles. The van der Waals surface area contributed by atoms with Gasteiger partial charge in [0.05, 0.1) is 0 Å². The smallest absolute Gasteiger partial charge is 0.220 e. The lowest BCUT2D eigenvalue weighted by Crippen LogP contribution is -2.38. The van der Waals surface area contributed by atoms with E-state index in [-0.39, 0.29) is 5.91 Å². The van der Waals surface area contributed by atoms with Crippen LogP contribution in [-0.4, -0.2) is 30.4 Å². The Kier molecular flexibility index (Phi) is 3.94. The summed E-state index contributed by atoms with van der Waals surface area (Å²) in [4.78, 5) is 13.6. The minimum atomic E-state index is 0.194. The molecule has 1 heterocycles. The summed E-state index contributed by atoms with van der Waals surface area (Å²) in [6.07, 6.45) is 1.62. The minimum absolute atomic E-state index is 0.194. The van der Waals surface area contributed by atoms with Gasteiger partial charge in [0, 0.05) is 26.1 Å². The second-order valence-corrected chi connectivity index (χ2v) is 4.22.